The molecule has 0 aliphatic rings. The normalized spacial score (nSPS) is 10.1. The third-order valence-corrected chi connectivity index (χ3v) is 2.43. The van der Waals surface area contributed by atoms with E-state index in [2.05, 4.69) is 0 Å². The second-order valence-electron chi connectivity index (χ2n) is 3.45. The van der Waals surface area contributed by atoms with Crippen molar-refractivity contribution in [3.8, 4) is 16.9 Å². The topological polar surface area (TPSA) is 39.4 Å². The number of hydrogen-bond acceptors (Lipinski definition) is 3. The Balaban J connectivity index is 2.65. The Hall–Kier alpha value is -2.03. The Kier molecular flexibility index (Phi) is 2.77. The quantitative estimate of drug-likeness (QED) is 0.740. The first-order chi connectivity index (χ1) is 7.74. The van der Waals surface area contributed by atoms with E-state index in [1.54, 1.807) is 25.7 Å². The van der Waals surface area contributed by atoms with Gasteiger partial charge in [0.2, 0.25) is 0 Å². The Labute approximate surface area is 93.7 Å². The van der Waals surface area contributed by atoms with Gasteiger partial charge in [0.15, 0.2) is 5.78 Å². The Morgan fingerprint density at radius 2 is 2.12 bits per heavy atom. The molecule has 0 saturated carbocycles. The molecule has 0 radical (unpaired) electrons. The van der Waals surface area contributed by atoms with Crippen molar-refractivity contribution in [2.75, 3.05) is 7.11 Å². The Morgan fingerprint density at radius 1 is 1.31 bits per heavy atom. The molecule has 0 saturated heterocycles. The lowest BCUT2D eigenvalue weighted by molar-refractivity contribution is 0.101. The molecule has 16 heavy (non-hydrogen) atoms. The van der Waals surface area contributed by atoms with Gasteiger partial charge in [-0.2, -0.15) is 0 Å². The number of hydrogen-bond donors (Lipinski definition) is 0. The molecule has 0 aliphatic carbocycles. The summed E-state index contributed by atoms with van der Waals surface area (Å²) >= 11 is 0. The molecule has 0 aliphatic heterocycles. The molecule has 2 aromatic rings. The van der Waals surface area contributed by atoms with E-state index in [4.69, 9.17) is 9.15 Å². The smallest absolute Gasteiger partial charge is 0.164 e. The number of rotatable bonds is 3. The van der Waals surface area contributed by atoms with Crippen molar-refractivity contribution in [3.63, 3.8) is 0 Å². The number of ether oxygens (including phenoxy) is 1. The van der Waals surface area contributed by atoms with Crippen LogP contribution in [0.15, 0.2) is 41.2 Å². The van der Waals surface area contributed by atoms with Gasteiger partial charge in [-0.1, -0.05) is 12.1 Å². The summed E-state index contributed by atoms with van der Waals surface area (Å²) in [6.45, 7) is 1.53. The van der Waals surface area contributed by atoms with Crippen LogP contribution in [0.2, 0.25) is 0 Å². The van der Waals surface area contributed by atoms with Gasteiger partial charge in [-0.3, -0.25) is 4.79 Å². The van der Waals surface area contributed by atoms with E-state index in [1.165, 1.54) is 6.92 Å². The van der Waals surface area contributed by atoms with Crippen molar-refractivity contribution in [2.24, 2.45) is 0 Å². The number of benzene rings is 1. The molecule has 3 heteroatoms. The predicted molar refractivity (Wildman–Crippen MR) is 60.7 cm³/mol. The Bertz CT molecular complexity index is 498. The van der Waals surface area contributed by atoms with Crippen LogP contribution in [0.3, 0.4) is 0 Å². The summed E-state index contributed by atoms with van der Waals surface area (Å²) in [6, 6.07) is 7.33. The van der Waals surface area contributed by atoms with Gasteiger partial charge in [-0.15, -0.1) is 0 Å². The predicted octanol–water partition coefficient (Wildman–Crippen LogP) is 3.16. The zero-order valence-corrected chi connectivity index (χ0v) is 9.19. The van der Waals surface area contributed by atoms with Gasteiger partial charge in [-0.05, 0) is 24.6 Å². The van der Waals surface area contributed by atoms with Crippen LogP contribution in [0.5, 0.6) is 5.75 Å². The van der Waals surface area contributed by atoms with E-state index < -0.39 is 0 Å². The first-order valence-corrected chi connectivity index (χ1v) is 4.94. The van der Waals surface area contributed by atoms with Gasteiger partial charge < -0.3 is 9.15 Å². The van der Waals surface area contributed by atoms with E-state index in [1.807, 2.05) is 18.2 Å². The van der Waals surface area contributed by atoms with E-state index in [-0.39, 0.29) is 5.78 Å². The van der Waals surface area contributed by atoms with Crippen LogP contribution < -0.4 is 4.74 Å². The molecule has 0 amide bonds. The van der Waals surface area contributed by atoms with Crippen LogP contribution in [0.4, 0.5) is 0 Å². The number of Topliss-reactive ketones (excluding diaryl/α,β-unsaturated/α-hetero) is 1. The van der Waals surface area contributed by atoms with Gasteiger partial charge in [0.05, 0.1) is 25.2 Å². The number of carbonyl (C=O) groups is 1. The fourth-order valence-corrected chi connectivity index (χ4v) is 1.72. The molecule has 3 nitrogen and oxygen atoms in total. The molecular weight excluding hydrogens is 204 g/mol. The summed E-state index contributed by atoms with van der Waals surface area (Å²) in [5.41, 5.74) is 2.30. The summed E-state index contributed by atoms with van der Waals surface area (Å²) in [4.78, 5) is 11.6. The SMILES string of the molecule is COc1cccc(-c2ccoc2)c1C(C)=O. The van der Waals surface area contributed by atoms with Crippen LogP contribution in [0, 0.1) is 0 Å². The van der Waals surface area contributed by atoms with Crippen molar-refractivity contribution < 1.29 is 13.9 Å². The van der Waals surface area contributed by atoms with Crippen LogP contribution >= 0.6 is 0 Å². The molecular formula is C13H12O3. The number of carbonyl (C=O) groups excluding carboxylic acids is 1. The van der Waals surface area contributed by atoms with Crippen LogP contribution in [-0.2, 0) is 0 Å². The number of ketones is 1. The van der Waals surface area contributed by atoms with E-state index >= 15 is 0 Å². The highest BCUT2D eigenvalue weighted by atomic mass is 16.5. The lowest BCUT2D eigenvalue weighted by Crippen LogP contribution is -2.00. The average Bonchev–Trinajstić information content (AvgIpc) is 2.81. The maximum Gasteiger partial charge on any atom is 0.164 e. The lowest BCUT2D eigenvalue weighted by Gasteiger charge is -2.09. The first-order valence-electron chi connectivity index (χ1n) is 4.94. The molecule has 0 N–H and O–H groups in total. The molecule has 0 spiro atoms. The maximum absolute atomic E-state index is 11.6. The summed E-state index contributed by atoms with van der Waals surface area (Å²) in [5.74, 6) is 0.569. The minimum Gasteiger partial charge on any atom is -0.496 e. The summed E-state index contributed by atoms with van der Waals surface area (Å²) in [6.07, 6.45) is 3.19. The largest absolute Gasteiger partial charge is 0.496 e. The second-order valence-corrected chi connectivity index (χ2v) is 3.45. The van der Waals surface area contributed by atoms with Gasteiger partial charge in [-0.25, -0.2) is 0 Å². The Morgan fingerprint density at radius 3 is 2.69 bits per heavy atom. The highest BCUT2D eigenvalue weighted by Gasteiger charge is 2.15. The average molecular weight is 216 g/mol. The standard InChI is InChI=1S/C13H12O3/c1-9(14)13-11(10-6-7-16-8-10)4-3-5-12(13)15-2/h3-8H,1-2H3. The van der Waals surface area contributed by atoms with Gasteiger partial charge in [0.25, 0.3) is 0 Å². The van der Waals surface area contributed by atoms with Gasteiger partial charge in [0.1, 0.15) is 5.75 Å². The monoisotopic (exact) mass is 216 g/mol. The van der Waals surface area contributed by atoms with Crippen LogP contribution in [0.25, 0.3) is 11.1 Å². The molecule has 0 atom stereocenters. The van der Waals surface area contributed by atoms with Crippen molar-refractivity contribution in [1.29, 1.82) is 0 Å². The number of furan rings is 1. The molecule has 0 unspecified atom stereocenters. The fraction of sp³-hybridized carbons (Fsp3) is 0.154. The minimum absolute atomic E-state index is 0.0198. The summed E-state index contributed by atoms with van der Waals surface area (Å²) < 4.78 is 10.2. The molecule has 1 aromatic carbocycles. The minimum atomic E-state index is -0.0198. The van der Waals surface area contributed by atoms with Crippen molar-refractivity contribution in [3.05, 3.63) is 42.4 Å². The van der Waals surface area contributed by atoms with Crippen molar-refractivity contribution >= 4 is 5.78 Å². The lowest BCUT2D eigenvalue weighted by atomic mass is 9.98. The highest BCUT2D eigenvalue weighted by molar-refractivity contribution is 6.03. The van der Waals surface area contributed by atoms with E-state index in [0.717, 1.165) is 11.1 Å². The molecule has 82 valence electrons. The molecule has 0 fully saturated rings. The van der Waals surface area contributed by atoms with Crippen molar-refractivity contribution in [2.45, 2.75) is 6.92 Å². The van der Waals surface area contributed by atoms with E-state index in [0.29, 0.717) is 11.3 Å². The highest BCUT2D eigenvalue weighted by Crippen LogP contribution is 2.31. The summed E-state index contributed by atoms with van der Waals surface area (Å²) in [5, 5.41) is 0. The van der Waals surface area contributed by atoms with Gasteiger partial charge >= 0.3 is 0 Å². The molecule has 0 bridgehead atoms. The third-order valence-electron chi connectivity index (χ3n) is 2.43. The zero-order chi connectivity index (χ0) is 11.5. The van der Waals surface area contributed by atoms with Crippen molar-refractivity contribution in [1.82, 2.24) is 0 Å². The second kappa shape index (κ2) is 4.23. The first kappa shape index (κ1) is 10.5. The van der Waals surface area contributed by atoms with Crippen LogP contribution in [0.1, 0.15) is 17.3 Å². The third kappa shape index (κ3) is 1.72. The fourth-order valence-electron chi connectivity index (χ4n) is 1.72. The summed E-state index contributed by atoms with van der Waals surface area (Å²) in [7, 11) is 1.56. The van der Waals surface area contributed by atoms with Crippen LogP contribution in [-0.4, -0.2) is 12.9 Å². The van der Waals surface area contributed by atoms with Gasteiger partial charge in [0, 0.05) is 5.56 Å². The maximum atomic E-state index is 11.6. The molecule has 1 heterocycles. The molecule has 2 rings (SSSR count). The zero-order valence-electron chi connectivity index (χ0n) is 9.19. The van der Waals surface area contributed by atoms with E-state index in [9.17, 15) is 4.79 Å². The molecule has 1 aromatic heterocycles. The number of methoxy groups -OCH3 is 1.